The molecule has 0 fully saturated rings. The van der Waals surface area contributed by atoms with Gasteiger partial charge >= 0.3 is 0 Å². The number of hydrogen-bond donors (Lipinski definition) is 1. The molecule has 0 saturated heterocycles. The van der Waals surface area contributed by atoms with Crippen LogP contribution in [0.3, 0.4) is 0 Å². The first-order valence-electron chi connectivity index (χ1n) is 10.2. The number of nitrogens with one attached hydrogen (secondary N) is 1. The van der Waals surface area contributed by atoms with Gasteiger partial charge in [0.05, 0.1) is 37.1 Å². The molecule has 2 atom stereocenters. The number of sulfonamides is 1. The molecule has 180 valence electrons. The summed E-state index contributed by atoms with van der Waals surface area (Å²) in [5.74, 6) is 0.557. The minimum absolute atomic E-state index is 0.0836. The molecule has 0 spiro atoms. The van der Waals surface area contributed by atoms with Crippen molar-refractivity contribution in [2.45, 2.75) is 39.3 Å². The molecule has 2 rings (SSSR count). The van der Waals surface area contributed by atoms with Crippen molar-refractivity contribution in [3.8, 4) is 11.5 Å². The van der Waals surface area contributed by atoms with Gasteiger partial charge in [-0.2, -0.15) is 0 Å². The summed E-state index contributed by atoms with van der Waals surface area (Å²) in [5, 5.41) is 14.1. The van der Waals surface area contributed by atoms with E-state index in [1.165, 1.54) is 32.4 Å². The summed E-state index contributed by atoms with van der Waals surface area (Å²) >= 11 is 0. The van der Waals surface area contributed by atoms with Crippen LogP contribution in [0.15, 0.2) is 36.4 Å². The monoisotopic (exact) mass is 479 g/mol. The number of anilines is 1. The lowest BCUT2D eigenvalue weighted by molar-refractivity contribution is -0.384. The molecule has 0 aliphatic rings. The van der Waals surface area contributed by atoms with Gasteiger partial charge in [0.25, 0.3) is 5.69 Å². The smallest absolute Gasteiger partial charge is 0.271 e. The highest BCUT2D eigenvalue weighted by Gasteiger charge is 2.34. The van der Waals surface area contributed by atoms with Crippen molar-refractivity contribution in [3.05, 3.63) is 57.6 Å². The van der Waals surface area contributed by atoms with Crippen LogP contribution in [0.1, 0.15) is 37.4 Å². The van der Waals surface area contributed by atoms with E-state index >= 15 is 0 Å². The van der Waals surface area contributed by atoms with Gasteiger partial charge in [-0.3, -0.25) is 19.2 Å². The first-order valence-corrected chi connectivity index (χ1v) is 12.1. The third-order valence-electron chi connectivity index (χ3n) is 5.23. The zero-order valence-electron chi connectivity index (χ0n) is 19.5. The Hall–Kier alpha value is -3.34. The van der Waals surface area contributed by atoms with Crippen molar-refractivity contribution >= 4 is 27.3 Å². The molecular weight excluding hydrogens is 450 g/mol. The Kier molecular flexibility index (Phi) is 8.26. The van der Waals surface area contributed by atoms with Crippen LogP contribution in [0.4, 0.5) is 11.4 Å². The predicted octanol–water partition coefficient (Wildman–Crippen LogP) is 3.34. The first kappa shape index (κ1) is 25.9. The summed E-state index contributed by atoms with van der Waals surface area (Å²) in [5.41, 5.74) is 0.951. The molecule has 1 amide bonds. The van der Waals surface area contributed by atoms with E-state index in [-0.39, 0.29) is 17.8 Å². The second kappa shape index (κ2) is 10.5. The number of nitro groups is 1. The lowest BCUT2D eigenvalue weighted by atomic mass is 10.1. The Morgan fingerprint density at radius 1 is 1.18 bits per heavy atom. The quantitative estimate of drug-likeness (QED) is 0.409. The number of benzene rings is 2. The molecule has 1 N–H and O–H groups in total. The van der Waals surface area contributed by atoms with Gasteiger partial charge in [0.2, 0.25) is 15.9 Å². The highest BCUT2D eigenvalue weighted by Crippen LogP contribution is 2.32. The predicted molar refractivity (Wildman–Crippen MR) is 125 cm³/mol. The van der Waals surface area contributed by atoms with Crippen LogP contribution >= 0.6 is 0 Å². The number of carbonyl (C=O) groups excluding carboxylic acids is 1. The number of nitro benzene ring substituents is 1. The van der Waals surface area contributed by atoms with E-state index in [0.717, 1.165) is 10.6 Å². The third kappa shape index (κ3) is 5.92. The Balaban J connectivity index is 2.47. The zero-order chi connectivity index (χ0) is 24.9. The third-order valence-corrected chi connectivity index (χ3v) is 6.40. The maximum Gasteiger partial charge on any atom is 0.271 e. The summed E-state index contributed by atoms with van der Waals surface area (Å²) in [4.78, 5) is 23.9. The molecule has 0 saturated carbocycles. The van der Waals surface area contributed by atoms with Crippen molar-refractivity contribution in [2.24, 2.45) is 0 Å². The molecule has 0 aromatic heterocycles. The largest absolute Gasteiger partial charge is 0.497 e. The molecule has 2 aromatic rings. The van der Waals surface area contributed by atoms with Crippen LogP contribution < -0.4 is 19.1 Å². The molecule has 33 heavy (non-hydrogen) atoms. The van der Waals surface area contributed by atoms with E-state index in [1.807, 2.05) is 0 Å². The van der Waals surface area contributed by atoms with E-state index in [1.54, 1.807) is 39.0 Å². The van der Waals surface area contributed by atoms with E-state index in [4.69, 9.17) is 9.47 Å². The van der Waals surface area contributed by atoms with Crippen LogP contribution in [0, 0.1) is 17.0 Å². The highest BCUT2D eigenvalue weighted by molar-refractivity contribution is 7.92. The molecule has 11 heteroatoms. The summed E-state index contributed by atoms with van der Waals surface area (Å²) < 4.78 is 37.1. The van der Waals surface area contributed by atoms with Gasteiger partial charge in [-0.25, -0.2) is 8.42 Å². The van der Waals surface area contributed by atoms with Crippen LogP contribution in [-0.2, 0) is 14.8 Å². The van der Waals surface area contributed by atoms with Gasteiger partial charge in [0.1, 0.15) is 17.5 Å². The first-order chi connectivity index (χ1) is 15.4. The average Bonchev–Trinajstić information content (AvgIpc) is 2.76. The fraction of sp³-hybridized carbons (Fsp3) is 0.409. The van der Waals surface area contributed by atoms with E-state index in [0.29, 0.717) is 22.6 Å². The molecule has 10 nitrogen and oxygen atoms in total. The number of nitrogens with zero attached hydrogens (tertiary/aromatic N) is 2. The molecule has 0 aliphatic carbocycles. The number of carbonyl (C=O) groups is 1. The van der Waals surface area contributed by atoms with E-state index < -0.39 is 32.9 Å². The van der Waals surface area contributed by atoms with Crippen molar-refractivity contribution < 1.29 is 27.6 Å². The van der Waals surface area contributed by atoms with E-state index in [2.05, 4.69) is 5.32 Å². The molecule has 0 heterocycles. The summed E-state index contributed by atoms with van der Waals surface area (Å²) in [7, 11) is -0.932. The Bertz CT molecular complexity index is 1130. The summed E-state index contributed by atoms with van der Waals surface area (Å²) in [6.45, 7) is 5.04. The Morgan fingerprint density at radius 3 is 2.36 bits per heavy atom. The molecule has 0 aliphatic heterocycles. The number of rotatable bonds is 10. The number of methoxy groups -OCH3 is 2. The Morgan fingerprint density at radius 2 is 1.85 bits per heavy atom. The number of hydrogen-bond acceptors (Lipinski definition) is 7. The standard InChI is InChI=1S/C22H29N3O7S/c1-7-19(22(26)23-15(3)18-13-17(31-4)10-11-21(18)32-5)24(33(6,29)30)20-12-16(25(27)28)9-8-14(20)2/h8-13,15,19H,7H2,1-6H3,(H,23,26)/t15-,19-/m1/s1. The number of ether oxygens (including phenoxy) is 2. The Labute approximate surface area is 193 Å². The van der Waals surface area contributed by atoms with Gasteiger partial charge in [-0.05, 0) is 44.0 Å². The number of non-ortho nitro benzene ring substituents is 1. The van der Waals surface area contributed by atoms with Crippen LogP contribution in [0.2, 0.25) is 0 Å². The van der Waals surface area contributed by atoms with Gasteiger partial charge < -0.3 is 14.8 Å². The van der Waals surface area contributed by atoms with Crippen molar-refractivity contribution in [3.63, 3.8) is 0 Å². The molecular formula is C22H29N3O7S. The minimum atomic E-state index is -3.96. The van der Waals surface area contributed by atoms with E-state index in [9.17, 15) is 23.3 Å². The van der Waals surface area contributed by atoms with Gasteiger partial charge in [-0.1, -0.05) is 13.0 Å². The molecule has 2 aromatic carbocycles. The molecule has 0 radical (unpaired) electrons. The molecule has 0 bridgehead atoms. The minimum Gasteiger partial charge on any atom is -0.497 e. The van der Waals surface area contributed by atoms with Gasteiger partial charge in [0.15, 0.2) is 0 Å². The molecule has 0 unspecified atom stereocenters. The second-order valence-corrected chi connectivity index (χ2v) is 9.41. The average molecular weight is 480 g/mol. The number of aryl methyl sites for hydroxylation is 1. The van der Waals surface area contributed by atoms with Crippen molar-refractivity contribution in [1.29, 1.82) is 0 Å². The second-order valence-electron chi connectivity index (χ2n) is 7.55. The summed E-state index contributed by atoms with van der Waals surface area (Å²) in [6.07, 6.45) is 1.11. The SMILES string of the molecule is CC[C@H](C(=O)N[C@H](C)c1cc(OC)ccc1OC)N(c1cc([N+](=O)[O-])ccc1C)S(C)(=O)=O. The summed E-state index contributed by atoms with van der Waals surface area (Å²) in [6, 6.07) is 7.41. The van der Waals surface area contributed by atoms with Crippen molar-refractivity contribution in [1.82, 2.24) is 5.32 Å². The number of amides is 1. The zero-order valence-corrected chi connectivity index (χ0v) is 20.3. The lowest BCUT2D eigenvalue weighted by Gasteiger charge is -2.32. The normalized spacial score (nSPS) is 13.0. The van der Waals surface area contributed by atoms with Crippen LogP contribution in [-0.4, -0.2) is 45.8 Å². The van der Waals surface area contributed by atoms with Crippen LogP contribution in [0.5, 0.6) is 11.5 Å². The highest BCUT2D eigenvalue weighted by atomic mass is 32.2. The maximum atomic E-state index is 13.3. The van der Waals surface area contributed by atoms with Crippen LogP contribution in [0.25, 0.3) is 0 Å². The van der Waals surface area contributed by atoms with Crippen molar-refractivity contribution in [2.75, 3.05) is 24.8 Å². The fourth-order valence-electron chi connectivity index (χ4n) is 3.55. The van der Waals surface area contributed by atoms with Gasteiger partial charge in [-0.15, -0.1) is 0 Å². The maximum absolute atomic E-state index is 13.3. The fourth-order valence-corrected chi connectivity index (χ4v) is 4.81. The lowest BCUT2D eigenvalue weighted by Crippen LogP contribution is -2.50. The van der Waals surface area contributed by atoms with Gasteiger partial charge in [0, 0.05) is 17.7 Å². The topological polar surface area (TPSA) is 128 Å².